The summed E-state index contributed by atoms with van der Waals surface area (Å²) in [6.07, 6.45) is 3.68. The number of hydrogen-bond acceptors (Lipinski definition) is 3. The second-order valence-electron chi connectivity index (χ2n) is 5.64. The van der Waals surface area contributed by atoms with Crippen LogP contribution in [0.15, 0.2) is 47.3 Å². The molecular weight excluding hydrogens is 254 g/mol. The van der Waals surface area contributed by atoms with Crippen molar-refractivity contribution in [1.29, 1.82) is 0 Å². The van der Waals surface area contributed by atoms with Crippen molar-refractivity contribution in [3.05, 3.63) is 54.0 Å². The number of benzene rings is 1. The molecule has 1 amide bonds. The average Bonchev–Trinajstić information content (AvgIpc) is 2.91. The molecule has 1 aromatic heterocycles. The van der Waals surface area contributed by atoms with Crippen molar-refractivity contribution in [3.8, 4) is 5.75 Å². The van der Waals surface area contributed by atoms with Gasteiger partial charge in [-0.3, -0.25) is 4.79 Å². The molecule has 0 saturated heterocycles. The van der Waals surface area contributed by atoms with Crippen molar-refractivity contribution in [2.75, 3.05) is 0 Å². The quantitative estimate of drug-likeness (QED) is 0.911. The van der Waals surface area contributed by atoms with Gasteiger partial charge < -0.3 is 14.5 Å². The molecular formula is C16H17NO3. The van der Waals surface area contributed by atoms with E-state index >= 15 is 0 Å². The topological polar surface area (TPSA) is 51.5 Å². The summed E-state index contributed by atoms with van der Waals surface area (Å²) in [6, 6.07) is 9.42. The number of carbonyl (C=O) groups is 1. The molecule has 0 saturated carbocycles. The van der Waals surface area contributed by atoms with Gasteiger partial charge in [-0.1, -0.05) is 18.2 Å². The van der Waals surface area contributed by atoms with Crippen LogP contribution in [0.4, 0.5) is 0 Å². The number of carbonyl (C=O) groups excluding carboxylic acids is 1. The molecule has 4 heteroatoms. The van der Waals surface area contributed by atoms with Crippen molar-refractivity contribution in [2.45, 2.75) is 31.9 Å². The molecule has 1 aromatic carbocycles. The van der Waals surface area contributed by atoms with Gasteiger partial charge in [0.25, 0.3) is 5.91 Å². The summed E-state index contributed by atoms with van der Waals surface area (Å²) in [6.45, 7) is 4.06. The smallest absolute Gasteiger partial charge is 0.255 e. The number of rotatable bonds is 2. The van der Waals surface area contributed by atoms with Gasteiger partial charge in [0, 0.05) is 12.0 Å². The maximum atomic E-state index is 12.2. The number of para-hydroxylation sites is 1. The Kier molecular flexibility index (Phi) is 3.01. The Labute approximate surface area is 117 Å². The van der Waals surface area contributed by atoms with E-state index in [-0.39, 0.29) is 17.6 Å². The zero-order valence-electron chi connectivity index (χ0n) is 11.6. The SMILES string of the molecule is CC1(C)CC(NC(=O)c2ccoc2)c2ccccc2O1. The van der Waals surface area contributed by atoms with Gasteiger partial charge in [0.15, 0.2) is 0 Å². The van der Waals surface area contributed by atoms with Crippen molar-refractivity contribution in [1.82, 2.24) is 5.32 Å². The fraction of sp³-hybridized carbons (Fsp3) is 0.312. The van der Waals surface area contributed by atoms with E-state index in [1.54, 1.807) is 6.07 Å². The van der Waals surface area contributed by atoms with Gasteiger partial charge in [-0.05, 0) is 26.0 Å². The third-order valence-electron chi connectivity index (χ3n) is 3.47. The van der Waals surface area contributed by atoms with Crippen molar-refractivity contribution < 1.29 is 13.9 Å². The Bertz CT molecular complexity index is 616. The predicted octanol–water partition coefficient (Wildman–Crippen LogP) is 3.31. The van der Waals surface area contributed by atoms with E-state index in [4.69, 9.17) is 9.15 Å². The van der Waals surface area contributed by atoms with Crippen molar-refractivity contribution in [2.24, 2.45) is 0 Å². The first kappa shape index (κ1) is 12.8. The fourth-order valence-corrected chi connectivity index (χ4v) is 2.57. The molecule has 0 bridgehead atoms. The van der Waals surface area contributed by atoms with Crippen LogP contribution in [0.1, 0.15) is 42.2 Å². The van der Waals surface area contributed by atoms with Gasteiger partial charge in [0.1, 0.15) is 17.6 Å². The Morgan fingerprint density at radius 2 is 2.10 bits per heavy atom. The molecule has 1 N–H and O–H groups in total. The number of hydrogen-bond donors (Lipinski definition) is 1. The van der Waals surface area contributed by atoms with E-state index in [0.717, 1.165) is 17.7 Å². The van der Waals surface area contributed by atoms with Crippen molar-refractivity contribution in [3.63, 3.8) is 0 Å². The molecule has 0 radical (unpaired) electrons. The Hall–Kier alpha value is -2.23. The minimum atomic E-state index is -0.303. The van der Waals surface area contributed by atoms with Crippen LogP contribution in [0.3, 0.4) is 0 Å². The van der Waals surface area contributed by atoms with Crippen LogP contribution in [0.5, 0.6) is 5.75 Å². The van der Waals surface area contributed by atoms with Crippen LogP contribution in [-0.4, -0.2) is 11.5 Å². The van der Waals surface area contributed by atoms with E-state index in [1.165, 1.54) is 12.5 Å². The minimum Gasteiger partial charge on any atom is -0.487 e. The molecule has 2 aromatic rings. The van der Waals surface area contributed by atoms with Gasteiger partial charge >= 0.3 is 0 Å². The molecule has 104 valence electrons. The first-order chi connectivity index (χ1) is 9.55. The summed E-state index contributed by atoms with van der Waals surface area (Å²) >= 11 is 0. The van der Waals surface area contributed by atoms with Crippen molar-refractivity contribution >= 4 is 5.91 Å². The highest BCUT2D eigenvalue weighted by molar-refractivity contribution is 5.94. The second kappa shape index (κ2) is 4.71. The molecule has 1 aliphatic heterocycles. The number of ether oxygens (including phenoxy) is 1. The summed E-state index contributed by atoms with van der Waals surface area (Å²) in [4.78, 5) is 12.2. The lowest BCUT2D eigenvalue weighted by atomic mass is 9.89. The third kappa shape index (κ3) is 2.41. The standard InChI is InChI=1S/C16H17NO3/c1-16(2)9-13(12-5-3-4-6-14(12)20-16)17-15(18)11-7-8-19-10-11/h3-8,10,13H,9H2,1-2H3,(H,17,18). The van der Waals surface area contributed by atoms with Crippen LogP contribution in [0.25, 0.3) is 0 Å². The number of furan rings is 1. The predicted molar refractivity (Wildman–Crippen MR) is 74.7 cm³/mol. The molecule has 20 heavy (non-hydrogen) atoms. The highest BCUT2D eigenvalue weighted by Crippen LogP contribution is 2.39. The highest BCUT2D eigenvalue weighted by Gasteiger charge is 2.34. The largest absolute Gasteiger partial charge is 0.487 e. The minimum absolute atomic E-state index is 0.0580. The van der Waals surface area contributed by atoms with Crippen LogP contribution in [-0.2, 0) is 0 Å². The molecule has 1 unspecified atom stereocenters. The number of nitrogens with one attached hydrogen (secondary N) is 1. The molecule has 1 atom stereocenters. The van der Waals surface area contributed by atoms with E-state index in [1.807, 2.05) is 38.1 Å². The molecule has 3 rings (SSSR count). The van der Waals surface area contributed by atoms with Crippen LogP contribution in [0, 0.1) is 0 Å². The summed E-state index contributed by atoms with van der Waals surface area (Å²) < 4.78 is 10.9. The van der Waals surface area contributed by atoms with Crippen LogP contribution >= 0.6 is 0 Å². The van der Waals surface area contributed by atoms with Gasteiger partial charge in [-0.15, -0.1) is 0 Å². The Morgan fingerprint density at radius 1 is 1.30 bits per heavy atom. The average molecular weight is 271 g/mol. The zero-order chi connectivity index (χ0) is 14.2. The highest BCUT2D eigenvalue weighted by atomic mass is 16.5. The summed E-state index contributed by atoms with van der Waals surface area (Å²) in [5.41, 5.74) is 1.25. The van der Waals surface area contributed by atoms with Crippen LogP contribution in [0.2, 0.25) is 0 Å². The maximum Gasteiger partial charge on any atom is 0.255 e. The first-order valence-electron chi connectivity index (χ1n) is 6.66. The molecule has 2 heterocycles. The molecule has 1 aliphatic rings. The second-order valence-corrected chi connectivity index (χ2v) is 5.64. The van der Waals surface area contributed by atoms with Gasteiger partial charge in [0.05, 0.1) is 17.9 Å². The lowest BCUT2D eigenvalue weighted by Gasteiger charge is -2.37. The van der Waals surface area contributed by atoms with Gasteiger partial charge in [0.2, 0.25) is 0 Å². The van der Waals surface area contributed by atoms with E-state index in [9.17, 15) is 4.79 Å². The Morgan fingerprint density at radius 3 is 2.85 bits per heavy atom. The first-order valence-corrected chi connectivity index (χ1v) is 6.66. The van der Waals surface area contributed by atoms with E-state index < -0.39 is 0 Å². The lowest BCUT2D eigenvalue weighted by Crippen LogP contribution is -2.41. The zero-order valence-corrected chi connectivity index (χ0v) is 11.6. The van der Waals surface area contributed by atoms with Crippen LogP contribution < -0.4 is 10.1 Å². The van der Waals surface area contributed by atoms with E-state index in [0.29, 0.717) is 5.56 Å². The Balaban J connectivity index is 1.87. The maximum absolute atomic E-state index is 12.2. The summed E-state index contributed by atoms with van der Waals surface area (Å²) in [5, 5.41) is 3.05. The van der Waals surface area contributed by atoms with Gasteiger partial charge in [-0.2, -0.15) is 0 Å². The fourth-order valence-electron chi connectivity index (χ4n) is 2.57. The number of fused-ring (bicyclic) bond motifs is 1. The monoisotopic (exact) mass is 271 g/mol. The van der Waals surface area contributed by atoms with Gasteiger partial charge in [-0.25, -0.2) is 0 Å². The normalized spacial score (nSPS) is 19.8. The number of amides is 1. The third-order valence-corrected chi connectivity index (χ3v) is 3.47. The molecule has 4 nitrogen and oxygen atoms in total. The van der Waals surface area contributed by atoms with E-state index in [2.05, 4.69) is 5.32 Å². The lowest BCUT2D eigenvalue weighted by molar-refractivity contribution is 0.0619. The molecule has 0 spiro atoms. The molecule has 0 fully saturated rings. The summed E-state index contributed by atoms with van der Waals surface area (Å²) in [7, 11) is 0. The summed E-state index contributed by atoms with van der Waals surface area (Å²) in [5.74, 6) is 0.706. The molecule has 0 aliphatic carbocycles.